The van der Waals surface area contributed by atoms with Crippen molar-refractivity contribution >= 4 is 21.8 Å². The van der Waals surface area contributed by atoms with Crippen LogP contribution in [0.5, 0.6) is 0 Å². The number of para-hydroxylation sites is 1. The summed E-state index contributed by atoms with van der Waals surface area (Å²) in [5.41, 5.74) is 4.81. The lowest BCUT2D eigenvalue weighted by atomic mass is 10.0. The topological polar surface area (TPSA) is 40.7 Å². The van der Waals surface area contributed by atoms with Crippen molar-refractivity contribution in [2.45, 2.75) is 25.8 Å². The molecule has 2 aromatic heterocycles. The molecule has 1 aliphatic heterocycles. The number of aromatic amines is 1. The Morgan fingerprint density at radius 1 is 1.26 bits per heavy atom. The second kappa shape index (κ2) is 4.07. The van der Waals surface area contributed by atoms with Gasteiger partial charge in [-0.3, -0.25) is 4.98 Å². The Morgan fingerprint density at radius 2 is 2.16 bits per heavy atom. The minimum Gasteiger partial charge on any atom is -0.353 e. The first kappa shape index (κ1) is 11.0. The van der Waals surface area contributed by atoms with E-state index < -0.39 is 0 Å². The molecule has 1 atom stereocenters. The van der Waals surface area contributed by atoms with E-state index in [0.717, 1.165) is 12.2 Å². The summed E-state index contributed by atoms with van der Waals surface area (Å²) < 4.78 is 0. The first-order chi connectivity index (χ1) is 9.34. The van der Waals surface area contributed by atoms with Crippen molar-refractivity contribution in [1.82, 2.24) is 15.3 Å². The molecule has 2 N–H and O–H groups in total. The van der Waals surface area contributed by atoms with Gasteiger partial charge in [-0.15, -0.1) is 0 Å². The molecule has 3 heterocycles. The van der Waals surface area contributed by atoms with Gasteiger partial charge in [0, 0.05) is 28.5 Å². The summed E-state index contributed by atoms with van der Waals surface area (Å²) in [5, 5.41) is 6.25. The number of H-pyrrole nitrogens is 1. The molecule has 96 valence electrons. The number of rotatable bonds is 1. The molecule has 1 aliphatic rings. The first-order valence-electron chi connectivity index (χ1n) is 6.94. The zero-order valence-electron chi connectivity index (χ0n) is 11.0. The van der Waals surface area contributed by atoms with Gasteiger partial charge < -0.3 is 10.3 Å². The van der Waals surface area contributed by atoms with E-state index in [1.165, 1.54) is 40.2 Å². The van der Waals surface area contributed by atoms with Crippen molar-refractivity contribution in [2.24, 2.45) is 0 Å². The Kier molecular flexibility index (Phi) is 2.35. The van der Waals surface area contributed by atoms with Gasteiger partial charge in [0.15, 0.2) is 0 Å². The Morgan fingerprint density at radius 3 is 3.00 bits per heavy atom. The number of hydrogen-bond donors (Lipinski definition) is 2. The molecule has 0 saturated carbocycles. The highest BCUT2D eigenvalue weighted by Gasteiger charge is 2.21. The summed E-state index contributed by atoms with van der Waals surface area (Å²) in [7, 11) is 0. The lowest BCUT2D eigenvalue weighted by Gasteiger charge is -2.12. The minimum atomic E-state index is 0.454. The fraction of sp³-hybridized carbons (Fsp3) is 0.312. The number of nitrogens with one attached hydrogen (secondary N) is 2. The van der Waals surface area contributed by atoms with Crippen molar-refractivity contribution in [3.8, 4) is 0 Å². The molecule has 0 radical (unpaired) electrons. The minimum absolute atomic E-state index is 0.454. The average Bonchev–Trinajstić information content (AvgIpc) is 3.06. The highest BCUT2D eigenvalue weighted by molar-refractivity contribution is 6.09. The molecule has 0 bridgehead atoms. The zero-order valence-corrected chi connectivity index (χ0v) is 11.0. The lowest BCUT2D eigenvalue weighted by Crippen LogP contribution is -2.13. The van der Waals surface area contributed by atoms with Crippen LogP contribution in [0.2, 0.25) is 0 Å². The highest BCUT2D eigenvalue weighted by Crippen LogP contribution is 2.35. The van der Waals surface area contributed by atoms with Gasteiger partial charge in [0.1, 0.15) is 0 Å². The predicted molar refractivity (Wildman–Crippen MR) is 78.3 cm³/mol. The van der Waals surface area contributed by atoms with Crippen molar-refractivity contribution in [3.63, 3.8) is 0 Å². The van der Waals surface area contributed by atoms with E-state index in [9.17, 15) is 0 Å². The molecule has 1 saturated heterocycles. The third-order valence-electron chi connectivity index (χ3n) is 4.19. The van der Waals surface area contributed by atoms with E-state index in [1.807, 2.05) is 0 Å². The fourth-order valence-electron chi connectivity index (χ4n) is 3.22. The van der Waals surface area contributed by atoms with Crippen LogP contribution in [0.3, 0.4) is 0 Å². The number of benzene rings is 1. The number of hydrogen-bond acceptors (Lipinski definition) is 2. The quantitative estimate of drug-likeness (QED) is 0.695. The Labute approximate surface area is 112 Å². The SMILES string of the molecule is Cc1ncc(C2CCCN2)c2c1[nH]c1ccccc12. The maximum Gasteiger partial charge on any atom is 0.0684 e. The summed E-state index contributed by atoms with van der Waals surface area (Å²) >= 11 is 0. The number of nitrogens with zero attached hydrogens (tertiary/aromatic N) is 1. The second-order valence-corrected chi connectivity index (χ2v) is 5.37. The lowest BCUT2D eigenvalue weighted by molar-refractivity contribution is 0.650. The third-order valence-corrected chi connectivity index (χ3v) is 4.19. The van der Waals surface area contributed by atoms with Crippen LogP contribution in [0.15, 0.2) is 30.5 Å². The third kappa shape index (κ3) is 1.58. The molecule has 3 aromatic rings. The molecule has 1 aromatic carbocycles. The van der Waals surface area contributed by atoms with Crippen molar-refractivity contribution in [2.75, 3.05) is 6.54 Å². The van der Waals surface area contributed by atoms with Gasteiger partial charge in [0.25, 0.3) is 0 Å². The number of aryl methyl sites for hydroxylation is 1. The van der Waals surface area contributed by atoms with E-state index in [2.05, 4.69) is 52.7 Å². The largest absolute Gasteiger partial charge is 0.353 e. The highest BCUT2D eigenvalue weighted by atomic mass is 14.9. The van der Waals surface area contributed by atoms with Crippen LogP contribution in [0.1, 0.15) is 30.1 Å². The number of fused-ring (bicyclic) bond motifs is 3. The zero-order chi connectivity index (χ0) is 12.8. The maximum absolute atomic E-state index is 4.58. The average molecular weight is 251 g/mol. The van der Waals surface area contributed by atoms with Crippen LogP contribution >= 0.6 is 0 Å². The molecular formula is C16H17N3. The van der Waals surface area contributed by atoms with Gasteiger partial charge >= 0.3 is 0 Å². The summed E-state index contributed by atoms with van der Waals surface area (Å²) in [6, 6.07) is 8.98. The summed E-state index contributed by atoms with van der Waals surface area (Å²) in [4.78, 5) is 8.10. The van der Waals surface area contributed by atoms with E-state index in [0.29, 0.717) is 6.04 Å². The second-order valence-electron chi connectivity index (χ2n) is 5.37. The molecule has 3 nitrogen and oxygen atoms in total. The molecular weight excluding hydrogens is 234 g/mol. The van der Waals surface area contributed by atoms with Crippen LogP contribution in [0, 0.1) is 6.92 Å². The van der Waals surface area contributed by atoms with Gasteiger partial charge in [-0.1, -0.05) is 18.2 Å². The Balaban J connectivity index is 2.10. The molecule has 0 spiro atoms. The smallest absolute Gasteiger partial charge is 0.0684 e. The van der Waals surface area contributed by atoms with Gasteiger partial charge in [-0.05, 0) is 37.9 Å². The first-order valence-corrected chi connectivity index (χ1v) is 6.94. The number of pyridine rings is 1. The molecule has 1 fully saturated rings. The summed E-state index contributed by atoms with van der Waals surface area (Å²) in [6.07, 6.45) is 4.52. The van der Waals surface area contributed by atoms with Crippen molar-refractivity contribution in [3.05, 3.63) is 41.7 Å². The summed E-state index contributed by atoms with van der Waals surface area (Å²) in [5.74, 6) is 0. The van der Waals surface area contributed by atoms with E-state index in [4.69, 9.17) is 0 Å². The van der Waals surface area contributed by atoms with Gasteiger partial charge in [0.05, 0.1) is 11.2 Å². The van der Waals surface area contributed by atoms with Gasteiger partial charge in [-0.25, -0.2) is 0 Å². The Hall–Kier alpha value is -1.87. The molecule has 0 amide bonds. The van der Waals surface area contributed by atoms with Crippen LogP contribution in [-0.4, -0.2) is 16.5 Å². The van der Waals surface area contributed by atoms with Crippen molar-refractivity contribution < 1.29 is 0 Å². The van der Waals surface area contributed by atoms with E-state index in [1.54, 1.807) is 0 Å². The van der Waals surface area contributed by atoms with Gasteiger partial charge in [0.2, 0.25) is 0 Å². The predicted octanol–water partition coefficient (Wildman–Crippen LogP) is 3.45. The monoisotopic (exact) mass is 251 g/mol. The maximum atomic E-state index is 4.58. The standard InChI is InChI=1S/C16H17N3/c1-10-16-15(11-5-2-3-6-14(11)19-16)12(9-18-10)13-7-4-8-17-13/h2-3,5-6,9,13,17,19H,4,7-8H2,1H3. The van der Waals surface area contributed by atoms with Gasteiger partial charge in [-0.2, -0.15) is 0 Å². The number of aromatic nitrogens is 2. The van der Waals surface area contributed by atoms with E-state index >= 15 is 0 Å². The molecule has 0 aliphatic carbocycles. The molecule has 4 rings (SSSR count). The van der Waals surface area contributed by atoms with Crippen molar-refractivity contribution in [1.29, 1.82) is 0 Å². The normalized spacial score (nSPS) is 19.5. The molecule has 1 unspecified atom stereocenters. The van der Waals surface area contributed by atoms with Crippen LogP contribution in [0.25, 0.3) is 21.8 Å². The summed E-state index contributed by atoms with van der Waals surface area (Å²) in [6.45, 7) is 3.19. The fourth-order valence-corrected chi connectivity index (χ4v) is 3.22. The van der Waals surface area contributed by atoms with Crippen LogP contribution in [-0.2, 0) is 0 Å². The molecule has 3 heteroatoms. The molecule has 19 heavy (non-hydrogen) atoms. The van der Waals surface area contributed by atoms with Crippen LogP contribution < -0.4 is 5.32 Å². The Bertz CT molecular complexity index is 751. The van der Waals surface area contributed by atoms with Crippen LogP contribution in [0.4, 0.5) is 0 Å². The van der Waals surface area contributed by atoms with E-state index in [-0.39, 0.29) is 0 Å².